The minimum atomic E-state index is -3.40. The van der Waals surface area contributed by atoms with Gasteiger partial charge in [0.15, 0.2) is 0 Å². The summed E-state index contributed by atoms with van der Waals surface area (Å²) < 4.78 is 25.6. The molecular formula is C15H20N2O2S2. The third kappa shape index (κ3) is 3.64. The van der Waals surface area contributed by atoms with Gasteiger partial charge in [-0.25, -0.2) is 12.7 Å². The summed E-state index contributed by atoms with van der Waals surface area (Å²) in [6.45, 7) is 2.11. The molecule has 1 aromatic heterocycles. The molecule has 0 saturated carbocycles. The van der Waals surface area contributed by atoms with Gasteiger partial charge in [-0.2, -0.15) is 0 Å². The molecule has 1 aromatic carbocycles. The molecule has 2 aromatic rings. The average Bonchev–Trinajstić information content (AvgIpc) is 2.99. The van der Waals surface area contributed by atoms with Crippen molar-refractivity contribution >= 4 is 27.0 Å². The van der Waals surface area contributed by atoms with E-state index >= 15 is 0 Å². The van der Waals surface area contributed by atoms with Gasteiger partial charge in [-0.05, 0) is 36.1 Å². The van der Waals surface area contributed by atoms with Crippen LogP contribution in [0.3, 0.4) is 0 Å². The molecule has 1 atom stereocenters. The van der Waals surface area contributed by atoms with Crippen LogP contribution in [0, 0.1) is 0 Å². The van der Waals surface area contributed by atoms with E-state index < -0.39 is 10.0 Å². The first-order valence-corrected chi connectivity index (χ1v) is 9.09. The van der Waals surface area contributed by atoms with Gasteiger partial charge in [0.25, 0.3) is 0 Å². The maximum absolute atomic E-state index is 12.2. The number of rotatable bonds is 6. The zero-order valence-electron chi connectivity index (χ0n) is 12.4. The molecular weight excluding hydrogens is 304 g/mol. The standard InChI is InChI=1S/C15H20N2O2S2/c1-4-14(15-9-6-10-20-15)16-12-7-5-8-13(11-12)21(18,19)17(2)3/h5-11,14,16H,4H2,1-3H3. The first-order chi connectivity index (χ1) is 9.95. The highest BCUT2D eigenvalue weighted by Crippen LogP contribution is 2.27. The lowest BCUT2D eigenvalue weighted by Gasteiger charge is -2.18. The third-order valence-electron chi connectivity index (χ3n) is 3.25. The molecule has 4 nitrogen and oxygen atoms in total. The molecule has 6 heteroatoms. The van der Waals surface area contributed by atoms with E-state index in [1.165, 1.54) is 23.3 Å². The fourth-order valence-electron chi connectivity index (χ4n) is 2.02. The third-order valence-corrected chi connectivity index (χ3v) is 6.05. The van der Waals surface area contributed by atoms with E-state index in [9.17, 15) is 8.42 Å². The number of anilines is 1. The van der Waals surface area contributed by atoms with Crippen molar-refractivity contribution in [3.8, 4) is 0 Å². The normalized spacial score (nSPS) is 13.3. The van der Waals surface area contributed by atoms with Gasteiger partial charge in [0.05, 0.1) is 10.9 Å². The van der Waals surface area contributed by atoms with Crippen molar-refractivity contribution in [1.29, 1.82) is 0 Å². The van der Waals surface area contributed by atoms with Gasteiger partial charge in [-0.3, -0.25) is 0 Å². The average molecular weight is 324 g/mol. The first kappa shape index (κ1) is 16.0. The Morgan fingerprint density at radius 1 is 1.24 bits per heavy atom. The Balaban J connectivity index is 2.26. The molecule has 0 fully saturated rings. The highest BCUT2D eigenvalue weighted by Gasteiger charge is 2.18. The van der Waals surface area contributed by atoms with Crippen molar-refractivity contribution in [2.45, 2.75) is 24.3 Å². The quantitative estimate of drug-likeness (QED) is 0.884. The molecule has 1 N–H and O–H groups in total. The lowest BCUT2D eigenvalue weighted by Crippen LogP contribution is -2.22. The minimum Gasteiger partial charge on any atom is -0.377 e. The minimum absolute atomic E-state index is 0.197. The molecule has 0 bridgehead atoms. The number of nitrogens with one attached hydrogen (secondary N) is 1. The summed E-state index contributed by atoms with van der Waals surface area (Å²) in [5, 5.41) is 5.46. The van der Waals surface area contributed by atoms with Gasteiger partial charge >= 0.3 is 0 Å². The van der Waals surface area contributed by atoms with Gasteiger partial charge < -0.3 is 5.32 Å². The van der Waals surface area contributed by atoms with Crippen LogP contribution in [0.1, 0.15) is 24.3 Å². The van der Waals surface area contributed by atoms with Crippen LogP contribution in [0.4, 0.5) is 5.69 Å². The van der Waals surface area contributed by atoms with Crippen molar-refractivity contribution < 1.29 is 8.42 Å². The number of hydrogen-bond donors (Lipinski definition) is 1. The number of benzene rings is 1. The summed E-state index contributed by atoms with van der Waals surface area (Å²) in [5.41, 5.74) is 0.818. The van der Waals surface area contributed by atoms with E-state index in [1.54, 1.807) is 29.5 Å². The van der Waals surface area contributed by atoms with E-state index in [4.69, 9.17) is 0 Å². The van der Waals surface area contributed by atoms with Gasteiger partial charge in [-0.15, -0.1) is 11.3 Å². The van der Waals surface area contributed by atoms with Gasteiger partial charge in [-0.1, -0.05) is 19.1 Å². The second kappa shape index (κ2) is 6.60. The zero-order chi connectivity index (χ0) is 15.5. The Hall–Kier alpha value is -1.37. The van der Waals surface area contributed by atoms with Gasteiger partial charge in [0.1, 0.15) is 0 Å². The maximum Gasteiger partial charge on any atom is 0.242 e. The molecule has 0 amide bonds. The highest BCUT2D eigenvalue weighted by molar-refractivity contribution is 7.89. The molecule has 0 spiro atoms. The fraction of sp³-hybridized carbons (Fsp3) is 0.333. The molecule has 1 unspecified atom stereocenters. The second-order valence-electron chi connectivity index (χ2n) is 4.94. The summed E-state index contributed by atoms with van der Waals surface area (Å²) in [6.07, 6.45) is 0.936. The number of nitrogens with zero attached hydrogens (tertiary/aromatic N) is 1. The van der Waals surface area contributed by atoms with Crippen molar-refractivity contribution in [3.05, 3.63) is 46.7 Å². The molecule has 0 radical (unpaired) electrons. The molecule has 0 aliphatic heterocycles. The van der Waals surface area contributed by atoms with E-state index in [1.807, 2.05) is 17.5 Å². The summed E-state index contributed by atoms with van der Waals surface area (Å²) in [6, 6.07) is 11.3. The lowest BCUT2D eigenvalue weighted by molar-refractivity contribution is 0.521. The van der Waals surface area contributed by atoms with Crippen LogP contribution >= 0.6 is 11.3 Å². The van der Waals surface area contributed by atoms with Crippen LogP contribution in [0.15, 0.2) is 46.7 Å². The van der Waals surface area contributed by atoms with Crippen LogP contribution in [0.5, 0.6) is 0 Å². The predicted molar refractivity (Wildman–Crippen MR) is 88.3 cm³/mol. The Bertz CT molecular complexity index is 679. The maximum atomic E-state index is 12.2. The van der Waals surface area contributed by atoms with E-state index in [-0.39, 0.29) is 6.04 Å². The highest BCUT2D eigenvalue weighted by atomic mass is 32.2. The molecule has 114 valence electrons. The summed E-state index contributed by atoms with van der Waals surface area (Å²) >= 11 is 1.70. The molecule has 21 heavy (non-hydrogen) atoms. The molecule has 0 saturated heterocycles. The van der Waals surface area contributed by atoms with Gasteiger partial charge in [0.2, 0.25) is 10.0 Å². The van der Waals surface area contributed by atoms with E-state index in [0.717, 1.165) is 12.1 Å². The largest absolute Gasteiger partial charge is 0.377 e. The topological polar surface area (TPSA) is 49.4 Å². The summed E-state index contributed by atoms with van der Waals surface area (Å²) in [7, 11) is -0.325. The lowest BCUT2D eigenvalue weighted by atomic mass is 10.1. The zero-order valence-corrected chi connectivity index (χ0v) is 14.0. The number of thiophene rings is 1. The van der Waals surface area contributed by atoms with E-state index in [2.05, 4.69) is 18.3 Å². The summed E-state index contributed by atoms with van der Waals surface area (Å²) in [4.78, 5) is 1.55. The molecule has 0 aliphatic rings. The van der Waals surface area contributed by atoms with Crippen molar-refractivity contribution in [1.82, 2.24) is 4.31 Å². The Morgan fingerprint density at radius 3 is 2.57 bits per heavy atom. The van der Waals surface area contributed by atoms with Crippen molar-refractivity contribution in [2.75, 3.05) is 19.4 Å². The SMILES string of the molecule is CCC(Nc1cccc(S(=O)(=O)N(C)C)c1)c1cccs1. The Kier molecular flexibility index (Phi) is 5.03. The van der Waals surface area contributed by atoms with E-state index in [0.29, 0.717) is 4.90 Å². The first-order valence-electron chi connectivity index (χ1n) is 6.77. The number of hydrogen-bond acceptors (Lipinski definition) is 4. The van der Waals surface area contributed by atoms with Crippen molar-refractivity contribution in [3.63, 3.8) is 0 Å². The predicted octanol–water partition coefficient (Wildman–Crippen LogP) is 3.56. The Morgan fingerprint density at radius 2 is 2.00 bits per heavy atom. The van der Waals surface area contributed by atoms with Crippen molar-refractivity contribution in [2.24, 2.45) is 0 Å². The Labute approximate surface area is 130 Å². The monoisotopic (exact) mass is 324 g/mol. The molecule has 1 heterocycles. The van der Waals surface area contributed by atoms with Crippen LogP contribution in [-0.4, -0.2) is 26.8 Å². The fourth-order valence-corrected chi connectivity index (χ4v) is 3.83. The second-order valence-corrected chi connectivity index (χ2v) is 8.07. The van der Waals surface area contributed by atoms with Gasteiger partial charge in [0, 0.05) is 24.7 Å². The van der Waals surface area contributed by atoms with Crippen LogP contribution in [-0.2, 0) is 10.0 Å². The number of sulfonamides is 1. The molecule has 2 rings (SSSR count). The smallest absolute Gasteiger partial charge is 0.242 e. The van der Waals surface area contributed by atoms with Crippen LogP contribution < -0.4 is 5.32 Å². The molecule has 0 aliphatic carbocycles. The summed E-state index contributed by atoms with van der Waals surface area (Å²) in [5.74, 6) is 0. The van der Waals surface area contributed by atoms with Crippen LogP contribution in [0.2, 0.25) is 0 Å². The van der Waals surface area contributed by atoms with Crippen LogP contribution in [0.25, 0.3) is 0 Å².